The quantitative estimate of drug-likeness (QED) is 0.613. The highest BCUT2D eigenvalue weighted by Crippen LogP contribution is 1.70. The van der Waals surface area contributed by atoms with E-state index < -0.39 is 0 Å². The summed E-state index contributed by atoms with van der Waals surface area (Å²) in [7, 11) is 1.71. The minimum absolute atomic E-state index is 0. The molecule has 0 rings (SSSR count). The summed E-state index contributed by atoms with van der Waals surface area (Å²) in [6.45, 7) is 2.98. The van der Waals surface area contributed by atoms with Crippen LogP contribution in [-0.2, 0) is 4.74 Å². The fourth-order valence-corrected chi connectivity index (χ4v) is 0.204. The number of hydrogen-bond donors (Lipinski definition) is 1. The zero-order valence-corrected chi connectivity index (χ0v) is 5.75. The predicted octanol–water partition coefficient (Wildman–Crippen LogP) is 1.63. The molecule has 0 spiro atoms. The van der Waals surface area contributed by atoms with E-state index in [-0.39, 0.29) is 18.6 Å². The molecule has 0 amide bonds. The molecule has 0 saturated carbocycles. The van der Waals surface area contributed by atoms with Crippen molar-refractivity contribution in [1.82, 2.24) is 6.15 Å². The van der Waals surface area contributed by atoms with Crippen LogP contribution < -0.4 is 6.15 Å². The van der Waals surface area contributed by atoms with Gasteiger partial charge in [0.1, 0.15) is 0 Å². The van der Waals surface area contributed by atoms with Crippen LogP contribution in [0.15, 0.2) is 0 Å². The maximum atomic E-state index is 4.69. The largest absolute Gasteiger partial charge is 0.385 e. The topological polar surface area (TPSA) is 44.2 Å². The third-order valence-electron chi connectivity index (χ3n) is 0.408. The van der Waals surface area contributed by atoms with Crippen molar-refractivity contribution >= 4 is 12.4 Å². The molecule has 0 saturated heterocycles. The van der Waals surface area contributed by atoms with Crippen LogP contribution in [0.1, 0.15) is 13.3 Å². The summed E-state index contributed by atoms with van der Waals surface area (Å²) < 4.78 is 4.69. The third kappa shape index (κ3) is 22.5. The predicted molar refractivity (Wildman–Crippen MR) is 34.4 cm³/mol. The standard InChI is InChI=1S/C4H10O.ClH.H3N/c1-3-4-5-2;;/h3-4H2,1-2H3;1H;1H3. The van der Waals surface area contributed by atoms with Crippen LogP contribution in [0.4, 0.5) is 0 Å². The van der Waals surface area contributed by atoms with Crippen molar-refractivity contribution in [3.63, 3.8) is 0 Å². The molecule has 2 nitrogen and oxygen atoms in total. The van der Waals surface area contributed by atoms with Crippen LogP contribution >= 0.6 is 12.4 Å². The van der Waals surface area contributed by atoms with Gasteiger partial charge in [0.15, 0.2) is 0 Å². The van der Waals surface area contributed by atoms with E-state index in [0.717, 1.165) is 13.0 Å². The van der Waals surface area contributed by atoms with Gasteiger partial charge in [0.05, 0.1) is 0 Å². The van der Waals surface area contributed by atoms with E-state index in [1.807, 2.05) is 0 Å². The Morgan fingerprint density at radius 1 is 1.43 bits per heavy atom. The van der Waals surface area contributed by atoms with Crippen molar-refractivity contribution in [1.29, 1.82) is 0 Å². The van der Waals surface area contributed by atoms with Gasteiger partial charge in [-0.25, -0.2) is 0 Å². The molecule has 0 aromatic rings. The molecule has 3 N–H and O–H groups in total. The molecule has 48 valence electrons. The van der Waals surface area contributed by atoms with Crippen LogP contribution in [0.3, 0.4) is 0 Å². The summed E-state index contributed by atoms with van der Waals surface area (Å²) in [5.41, 5.74) is 0. The van der Waals surface area contributed by atoms with Gasteiger partial charge in [-0.1, -0.05) is 6.92 Å². The Morgan fingerprint density at radius 2 is 1.86 bits per heavy atom. The summed E-state index contributed by atoms with van der Waals surface area (Å²) in [6.07, 6.45) is 1.12. The SMILES string of the molecule is CCCOC.Cl.N. The van der Waals surface area contributed by atoms with Gasteiger partial charge >= 0.3 is 0 Å². The van der Waals surface area contributed by atoms with Gasteiger partial charge < -0.3 is 10.9 Å². The molecule has 7 heavy (non-hydrogen) atoms. The van der Waals surface area contributed by atoms with Crippen molar-refractivity contribution in [2.75, 3.05) is 13.7 Å². The molecule has 0 aliphatic rings. The first-order valence-corrected chi connectivity index (χ1v) is 1.90. The van der Waals surface area contributed by atoms with Crippen molar-refractivity contribution in [2.24, 2.45) is 0 Å². The van der Waals surface area contributed by atoms with Crippen LogP contribution in [0.25, 0.3) is 0 Å². The number of halogens is 1. The average Bonchev–Trinajstić information content (AvgIpc) is 1.41. The maximum absolute atomic E-state index is 4.69. The van der Waals surface area contributed by atoms with Crippen LogP contribution in [0.2, 0.25) is 0 Å². The molecule has 0 atom stereocenters. The van der Waals surface area contributed by atoms with Crippen molar-refractivity contribution in [2.45, 2.75) is 13.3 Å². The third-order valence-corrected chi connectivity index (χ3v) is 0.408. The van der Waals surface area contributed by atoms with Crippen LogP contribution in [0, 0.1) is 0 Å². The summed E-state index contributed by atoms with van der Waals surface area (Å²) >= 11 is 0. The lowest BCUT2D eigenvalue weighted by molar-refractivity contribution is 0.199. The van der Waals surface area contributed by atoms with Crippen molar-refractivity contribution < 1.29 is 4.74 Å². The number of ether oxygens (including phenoxy) is 1. The van der Waals surface area contributed by atoms with Gasteiger partial charge in [-0.15, -0.1) is 12.4 Å². The first kappa shape index (κ1) is 15.7. The molecule has 0 aliphatic heterocycles. The van der Waals surface area contributed by atoms with Gasteiger partial charge in [-0.05, 0) is 6.42 Å². The van der Waals surface area contributed by atoms with Crippen molar-refractivity contribution in [3.05, 3.63) is 0 Å². The fourth-order valence-electron chi connectivity index (χ4n) is 0.204. The highest BCUT2D eigenvalue weighted by Gasteiger charge is 1.66. The molecule has 0 aromatic carbocycles. The van der Waals surface area contributed by atoms with Gasteiger partial charge in [0.2, 0.25) is 0 Å². The second-order valence-corrected chi connectivity index (χ2v) is 0.993. The first-order chi connectivity index (χ1) is 2.41. The lowest BCUT2D eigenvalue weighted by Gasteiger charge is -1.84. The molecule has 0 aromatic heterocycles. The van der Waals surface area contributed by atoms with E-state index in [4.69, 9.17) is 4.74 Å². The number of methoxy groups -OCH3 is 1. The lowest BCUT2D eigenvalue weighted by atomic mass is 10.5. The maximum Gasteiger partial charge on any atom is 0.0459 e. The summed E-state index contributed by atoms with van der Waals surface area (Å²) in [6, 6.07) is 0. The number of rotatable bonds is 2. The van der Waals surface area contributed by atoms with Crippen LogP contribution in [0.5, 0.6) is 0 Å². The van der Waals surface area contributed by atoms with E-state index in [0.29, 0.717) is 0 Å². The van der Waals surface area contributed by atoms with E-state index in [1.54, 1.807) is 7.11 Å². The van der Waals surface area contributed by atoms with E-state index >= 15 is 0 Å². The highest BCUT2D eigenvalue weighted by molar-refractivity contribution is 5.85. The Hall–Kier alpha value is 0.210. The molecule has 0 unspecified atom stereocenters. The monoisotopic (exact) mass is 127 g/mol. The zero-order valence-electron chi connectivity index (χ0n) is 4.94. The Morgan fingerprint density at radius 3 is 1.86 bits per heavy atom. The minimum atomic E-state index is 0. The highest BCUT2D eigenvalue weighted by atomic mass is 35.5. The average molecular weight is 128 g/mol. The van der Waals surface area contributed by atoms with E-state index in [1.165, 1.54) is 0 Å². The Kier molecular flexibility index (Phi) is 36.7. The van der Waals surface area contributed by atoms with Gasteiger partial charge in [0.25, 0.3) is 0 Å². The normalized spacial score (nSPS) is 6.00. The van der Waals surface area contributed by atoms with E-state index in [9.17, 15) is 0 Å². The smallest absolute Gasteiger partial charge is 0.0459 e. The van der Waals surface area contributed by atoms with Gasteiger partial charge in [-0.2, -0.15) is 0 Å². The lowest BCUT2D eigenvalue weighted by Crippen LogP contribution is -1.80. The van der Waals surface area contributed by atoms with Crippen molar-refractivity contribution in [3.8, 4) is 0 Å². The molecule has 0 fully saturated rings. The summed E-state index contributed by atoms with van der Waals surface area (Å²) in [5.74, 6) is 0. The first-order valence-electron chi connectivity index (χ1n) is 1.90. The Labute approximate surface area is 51.2 Å². The molecular formula is C4H14ClNO. The second kappa shape index (κ2) is 16.4. The molecular weight excluding hydrogens is 114 g/mol. The molecule has 0 radical (unpaired) electrons. The minimum Gasteiger partial charge on any atom is -0.385 e. The van der Waals surface area contributed by atoms with Gasteiger partial charge in [-0.3, -0.25) is 0 Å². The zero-order chi connectivity index (χ0) is 4.12. The molecule has 3 heteroatoms. The summed E-state index contributed by atoms with van der Waals surface area (Å²) in [5, 5.41) is 0. The fraction of sp³-hybridized carbons (Fsp3) is 1.00. The Balaban J connectivity index is -0.0000000800. The second-order valence-electron chi connectivity index (χ2n) is 0.993. The van der Waals surface area contributed by atoms with Gasteiger partial charge in [0, 0.05) is 13.7 Å². The molecule has 0 heterocycles. The number of hydrogen-bond acceptors (Lipinski definition) is 2. The van der Waals surface area contributed by atoms with E-state index in [2.05, 4.69) is 6.92 Å². The Bertz CT molecular complexity index is 19.2. The molecule has 0 bridgehead atoms. The van der Waals surface area contributed by atoms with Crippen LogP contribution in [-0.4, -0.2) is 13.7 Å². The summed E-state index contributed by atoms with van der Waals surface area (Å²) in [4.78, 5) is 0. The molecule has 0 aliphatic carbocycles.